The number of nitrogens with two attached hydrogens (primary N) is 1. The Bertz CT molecular complexity index is 334. The van der Waals surface area contributed by atoms with Gasteiger partial charge in [-0.15, -0.1) is 0 Å². The number of hydrogen-bond acceptors (Lipinski definition) is 3. The third-order valence-corrected chi connectivity index (χ3v) is 5.19. The first-order valence-electron chi connectivity index (χ1n) is 7.91. The highest BCUT2D eigenvalue weighted by Gasteiger charge is 2.39. The number of rotatable bonds is 2. The third-order valence-electron chi connectivity index (χ3n) is 5.19. The molecule has 0 aromatic carbocycles. The van der Waals surface area contributed by atoms with Gasteiger partial charge < -0.3 is 15.8 Å². The fourth-order valence-corrected chi connectivity index (χ4v) is 4.12. The van der Waals surface area contributed by atoms with E-state index in [2.05, 4.69) is 5.32 Å². The van der Waals surface area contributed by atoms with E-state index in [0.717, 1.165) is 45.1 Å². The summed E-state index contributed by atoms with van der Waals surface area (Å²) in [6, 6.07) is 0.560. The Balaban J connectivity index is 1.56. The molecular formula is C15H26N2O2. The van der Waals surface area contributed by atoms with Crippen molar-refractivity contribution in [2.45, 2.75) is 69.6 Å². The molecular weight excluding hydrogens is 240 g/mol. The minimum atomic E-state index is 0.145. The summed E-state index contributed by atoms with van der Waals surface area (Å²) in [5.41, 5.74) is 5.98. The molecule has 0 aromatic heterocycles. The molecule has 3 rings (SSSR count). The van der Waals surface area contributed by atoms with Crippen molar-refractivity contribution in [3.05, 3.63) is 0 Å². The van der Waals surface area contributed by atoms with Crippen LogP contribution in [-0.4, -0.2) is 30.7 Å². The van der Waals surface area contributed by atoms with E-state index in [1.807, 2.05) is 0 Å². The summed E-state index contributed by atoms with van der Waals surface area (Å²) < 4.78 is 5.76. The molecule has 3 aliphatic rings. The van der Waals surface area contributed by atoms with Crippen LogP contribution in [0.3, 0.4) is 0 Å². The molecule has 0 radical (unpaired) electrons. The second-order valence-corrected chi connectivity index (χ2v) is 6.53. The maximum absolute atomic E-state index is 12.4. The molecule has 0 spiro atoms. The van der Waals surface area contributed by atoms with Crippen molar-refractivity contribution in [2.75, 3.05) is 6.61 Å². The number of amides is 1. The number of carbonyl (C=O) groups excluding carboxylic acids is 1. The van der Waals surface area contributed by atoms with Crippen LogP contribution in [0.4, 0.5) is 0 Å². The lowest BCUT2D eigenvalue weighted by Gasteiger charge is -2.35. The lowest BCUT2D eigenvalue weighted by Crippen LogP contribution is -2.48. The van der Waals surface area contributed by atoms with Gasteiger partial charge in [0.25, 0.3) is 0 Å². The molecule has 1 saturated heterocycles. The van der Waals surface area contributed by atoms with E-state index >= 15 is 0 Å². The predicted molar refractivity (Wildman–Crippen MR) is 73.6 cm³/mol. The van der Waals surface area contributed by atoms with Crippen LogP contribution in [0.5, 0.6) is 0 Å². The first-order chi connectivity index (χ1) is 9.24. The van der Waals surface area contributed by atoms with Crippen LogP contribution in [0.25, 0.3) is 0 Å². The number of fused-ring (bicyclic) bond motifs is 1. The lowest BCUT2D eigenvalue weighted by molar-refractivity contribution is -0.127. The minimum Gasteiger partial charge on any atom is -0.378 e. The fourth-order valence-electron chi connectivity index (χ4n) is 4.12. The Morgan fingerprint density at radius 2 is 1.95 bits per heavy atom. The maximum atomic E-state index is 12.4. The highest BCUT2D eigenvalue weighted by atomic mass is 16.5. The summed E-state index contributed by atoms with van der Waals surface area (Å²) in [5.74, 6) is 0.939. The highest BCUT2D eigenvalue weighted by molar-refractivity contribution is 5.79. The lowest BCUT2D eigenvalue weighted by atomic mass is 9.80. The zero-order valence-electron chi connectivity index (χ0n) is 11.6. The van der Waals surface area contributed by atoms with Gasteiger partial charge in [0.15, 0.2) is 0 Å². The van der Waals surface area contributed by atoms with Gasteiger partial charge in [-0.2, -0.15) is 0 Å². The Kier molecular flexibility index (Phi) is 4.08. The second-order valence-electron chi connectivity index (χ2n) is 6.53. The molecule has 0 bridgehead atoms. The van der Waals surface area contributed by atoms with Crippen LogP contribution in [0.1, 0.15) is 51.4 Å². The standard InChI is InChI=1S/C15H26N2O2/c16-11-4-1-3-10(9-11)15(18)17-13-5-2-6-14-12(13)7-8-19-14/h10-14H,1-9,16H2,(H,17,18). The van der Waals surface area contributed by atoms with Gasteiger partial charge in [-0.3, -0.25) is 4.79 Å². The largest absolute Gasteiger partial charge is 0.378 e. The molecule has 1 aliphatic heterocycles. The zero-order chi connectivity index (χ0) is 13.2. The molecule has 3 fully saturated rings. The van der Waals surface area contributed by atoms with Crippen molar-refractivity contribution in [3.63, 3.8) is 0 Å². The van der Waals surface area contributed by atoms with Crippen molar-refractivity contribution in [2.24, 2.45) is 17.6 Å². The number of carbonyl (C=O) groups is 1. The average Bonchev–Trinajstić information content (AvgIpc) is 2.88. The van der Waals surface area contributed by atoms with Crippen LogP contribution in [0.2, 0.25) is 0 Å². The Labute approximate surface area is 115 Å². The number of ether oxygens (including phenoxy) is 1. The number of nitrogens with one attached hydrogen (secondary N) is 1. The van der Waals surface area contributed by atoms with E-state index in [1.165, 1.54) is 12.8 Å². The van der Waals surface area contributed by atoms with Gasteiger partial charge in [0.2, 0.25) is 5.91 Å². The van der Waals surface area contributed by atoms with E-state index in [-0.39, 0.29) is 17.9 Å². The summed E-state index contributed by atoms with van der Waals surface area (Å²) in [7, 11) is 0. The smallest absolute Gasteiger partial charge is 0.223 e. The van der Waals surface area contributed by atoms with Gasteiger partial charge in [-0.1, -0.05) is 6.42 Å². The van der Waals surface area contributed by atoms with Crippen LogP contribution in [0.15, 0.2) is 0 Å². The molecule has 19 heavy (non-hydrogen) atoms. The van der Waals surface area contributed by atoms with Gasteiger partial charge in [0.05, 0.1) is 6.10 Å². The third kappa shape index (κ3) is 2.95. The van der Waals surface area contributed by atoms with Crippen LogP contribution in [-0.2, 0) is 9.53 Å². The number of hydrogen-bond donors (Lipinski definition) is 2. The normalized spacial score (nSPS) is 42.7. The van der Waals surface area contributed by atoms with Crippen LogP contribution in [0, 0.1) is 11.8 Å². The molecule has 5 atom stereocenters. The molecule has 3 N–H and O–H groups in total. The summed E-state index contributed by atoms with van der Waals surface area (Å²) in [5, 5.41) is 3.31. The van der Waals surface area contributed by atoms with Crippen molar-refractivity contribution in [1.29, 1.82) is 0 Å². The van der Waals surface area contributed by atoms with Gasteiger partial charge >= 0.3 is 0 Å². The van der Waals surface area contributed by atoms with Gasteiger partial charge in [0.1, 0.15) is 0 Å². The van der Waals surface area contributed by atoms with E-state index in [9.17, 15) is 4.79 Å². The molecule has 108 valence electrons. The molecule has 0 aromatic rings. The van der Waals surface area contributed by atoms with Gasteiger partial charge in [-0.25, -0.2) is 0 Å². The molecule has 2 saturated carbocycles. The molecule has 1 heterocycles. The van der Waals surface area contributed by atoms with Crippen LogP contribution < -0.4 is 11.1 Å². The first kappa shape index (κ1) is 13.4. The van der Waals surface area contributed by atoms with Crippen LogP contribution >= 0.6 is 0 Å². The second kappa shape index (κ2) is 5.80. The van der Waals surface area contributed by atoms with E-state index < -0.39 is 0 Å². The van der Waals surface area contributed by atoms with Crippen molar-refractivity contribution in [1.82, 2.24) is 5.32 Å². The van der Waals surface area contributed by atoms with Crippen molar-refractivity contribution < 1.29 is 9.53 Å². The average molecular weight is 266 g/mol. The summed E-state index contributed by atoms with van der Waals surface area (Å²) >= 11 is 0. The molecule has 2 aliphatic carbocycles. The zero-order valence-corrected chi connectivity index (χ0v) is 11.6. The van der Waals surface area contributed by atoms with E-state index in [4.69, 9.17) is 10.5 Å². The Morgan fingerprint density at radius 3 is 2.79 bits per heavy atom. The molecule has 5 unspecified atom stereocenters. The topological polar surface area (TPSA) is 64.4 Å². The fraction of sp³-hybridized carbons (Fsp3) is 0.933. The summed E-state index contributed by atoms with van der Waals surface area (Å²) in [4.78, 5) is 12.4. The monoisotopic (exact) mass is 266 g/mol. The Morgan fingerprint density at radius 1 is 1.11 bits per heavy atom. The Hall–Kier alpha value is -0.610. The summed E-state index contributed by atoms with van der Waals surface area (Å²) in [6.45, 7) is 0.871. The minimum absolute atomic E-state index is 0.145. The SMILES string of the molecule is NC1CCCC(C(=O)NC2CCCC3OCCC23)C1. The van der Waals surface area contributed by atoms with Crippen molar-refractivity contribution in [3.8, 4) is 0 Å². The highest BCUT2D eigenvalue weighted by Crippen LogP contribution is 2.35. The maximum Gasteiger partial charge on any atom is 0.223 e. The molecule has 4 heteroatoms. The van der Waals surface area contributed by atoms with E-state index in [1.54, 1.807) is 0 Å². The van der Waals surface area contributed by atoms with Crippen molar-refractivity contribution >= 4 is 5.91 Å². The summed E-state index contributed by atoms with van der Waals surface area (Å²) in [6.07, 6.45) is 9.02. The molecule has 4 nitrogen and oxygen atoms in total. The van der Waals surface area contributed by atoms with Gasteiger partial charge in [-0.05, 0) is 44.9 Å². The quantitative estimate of drug-likeness (QED) is 0.797. The first-order valence-corrected chi connectivity index (χ1v) is 7.91. The molecule has 1 amide bonds. The van der Waals surface area contributed by atoms with Gasteiger partial charge in [0, 0.05) is 30.5 Å². The van der Waals surface area contributed by atoms with E-state index in [0.29, 0.717) is 18.1 Å². The predicted octanol–water partition coefficient (Wildman–Crippen LogP) is 1.58.